The van der Waals surface area contributed by atoms with E-state index < -0.39 is 43.3 Å². The van der Waals surface area contributed by atoms with Gasteiger partial charge >= 0.3 is 5.97 Å². The van der Waals surface area contributed by atoms with Gasteiger partial charge in [-0.05, 0) is 38.5 Å². The van der Waals surface area contributed by atoms with Crippen LogP contribution in [0, 0.1) is 31.6 Å². The van der Waals surface area contributed by atoms with Gasteiger partial charge in [-0.2, -0.15) is 0 Å². The minimum absolute atomic E-state index is 0.0752. The molecular formula is C18H26NO8. The molecule has 1 saturated heterocycles. The highest BCUT2D eigenvalue weighted by molar-refractivity contribution is 5.95. The number of unbranched alkanes of at least 4 members (excludes halogenated alkanes) is 2. The number of carbonyl (C=O) groups excluding carboxylic acids is 2. The highest BCUT2D eigenvalue weighted by atomic mass is 16.7. The number of aliphatic hydroxyl groups is 4. The van der Waals surface area contributed by atoms with Crippen LogP contribution in [0.25, 0.3) is 0 Å². The number of rotatable bonds is 9. The average Bonchev–Trinajstić information content (AvgIpc) is 3.19. The molecule has 0 aromatic rings. The second-order valence-electron chi connectivity index (χ2n) is 6.43. The van der Waals surface area contributed by atoms with Crippen molar-refractivity contribution in [3.05, 3.63) is 31.6 Å². The molecule has 0 bridgehead atoms. The molecular weight excluding hydrogens is 358 g/mol. The average molecular weight is 384 g/mol. The molecule has 2 fully saturated rings. The Bertz CT molecular complexity index is 480. The van der Waals surface area contributed by atoms with Crippen molar-refractivity contribution in [3.8, 4) is 0 Å². The molecule has 1 heterocycles. The van der Waals surface area contributed by atoms with E-state index in [1.807, 2.05) is 0 Å². The molecule has 5 radical (unpaired) electrons. The molecule has 0 aromatic carbocycles. The van der Waals surface area contributed by atoms with Crippen molar-refractivity contribution in [3.63, 3.8) is 0 Å². The zero-order valence-corrected chi connectivity index (χ0v) is 14.9. The summed E-state index contributed by atoms with van der Waals surface area (Å²) in [5.74, 6) is -0.153. The summed E-state index contributed by atoms with van der Waals surface area (Å²) in [5.41, 5.74) is 0. The summed E-state index contributed by atoms with van der Waals surface area (Å²) in [6.45, 7) is -0.0960. The molecule has 9 heteroatoms. The second kappa shape index (κ2) is 10.9. The molecule has 0 unspecified atom stereocenters. The van der Waals surface area contributed by atoms with E-state index in [1.165, 1.54) is 0 Å². The van der Waals surface area contributed by atoms with Crippen molar-refractivity contribution in [2.24, 2.45) is 0 Å². The van der Waals surface area contributed by atoms with Crippen LogP contribution in [0.2, 0.25) is 0 Å². The maximum Gasteiger partial charge on any atom is 0.308 e. The van der Waals surface area contributed by atoms with Crippen LogP contribution in [0.15, 0.2) is 0 Å². The van der Waals surface area contributed by atoms with Crippen LogP contribution < -0.4 is 5.32 Å². The normalized spacial score (nSPS) is 31.6. The minimum atomic E-state index is -1.60. The molecule has 2 rings (SSSR count). The zero-order chi connectivity index (χ0) is 19.8. The summed E-state index contributed by atoms with van der Waals surface area (Å²) < 4.78 is 10.1. The summed E-state index contributed by atoms with van der Waals surface area (Å²) in [6.07, 6.45) is 1.75. The molecule has 1 saturated carbocycles. The number of aliphatic hydroxyl groups excluding tert-OH is 4. The maximum absolute atomic E-state index is 11.8. The first kappa shape index (κ1) is 22.0. The monoisotopic (exact) mass is 384 g/mol. The zero-order valence-electron chi connectivity index (χ0n) is 14.9. The molecule has 0 spiro atoms. The lowest BCUT2D eigenvalue weighted by Crippen LogP contribution is -2.59. The number of hydrogen-bond donors (Lipinski definition) is 5. The quantitative estimate of drug-likeness (QED) is 0.236. The lowest BCUT2D eigenvalue weighted by atomic mass is 9.99. The van der Waals surface area contributed by atoms with Gasteiger partial charge in [-0.3, -0.25) is 9.59 Å². The molecule has 27 heavy (non-hydrogen) atoms. The number of nitrogens with one attached hydrogen (secondary N) is 1. The van der Waals surface area contributed by atoms with Crippen LogP contribution in [0.3, 0.4) is 0 Å². The predicted octanol–water partition coefficient (Wildman–Crippen LogP) is -1.59. The first-order valence-electron chi connectivity index (χ1n) is 8.94. The third-order valence-electron chi connectivity index (χ3n) is 4.36. The van der Waals surface area contributed by atoms with Crippen LogP contribution in [-0.2, 0) is 19.1 Å². The fourth-order valence-electron chi connectivity index (χ4n) is 2.75. The Kier molecular flexibility index (Phi) is 8.91. The number of ether oxygens (including phenoxy) is 2. The Balaban J connectivity index is 1.58. The van der Waals surface area contributed by atoms with E-state index in [4.69, 9.17) is 14.6 Å². The summed E-state index contributed by atoms with van der Waals surface area (Å²) in [4.78, 5) is 23.6. The van der Waals surface area contributed by atoms with E-state index in [9.17, 15) is 24.9 Å². The van der Waals surface area contributed by atoms with Crippen molar-refractivity contribution in [2.45, 2.75) is 56.4 Å². The number of carbonyl (C=O) groups is 2. The van der Waals surface area contributed by atoms with E-state index >= 15 is 0 Å². The molecule has 9 nitrogen and oxygen atoms in total. The minimum Gasteiger partial charge on any atom is -0.433 e. The highest BCUT2D eigenvalue weighted by Crippen LogP contribution is 2.23. The van der Waals surface area contributed by atoms with E-state index in [2.05, 4.69) is 5.32 Å². The van der Waals surface area contributed by atoms with Gasteiger partial charge in [0, 0.05) is 13.0 Å². The van der Waals surface area contributed by atoms with Gasteiger partial charge in [-0.15, -0.1) is 0 Å². The molecule has 5 atom stereocenters. The summed E-state index contributed by atoms with van der Waals surface area (Å²) in [5, 5.41) is 41.0. The summed E-state index contributed by atoms with van der Waals surface area (Å²) >= 11 is 0. The van der Waals surface area contributed by atoms with Crippen LogP contribution in [0.5, 0.6) is 0 Å². The van der Waals surface area contributed by atoms with E-state index in [1.54, 1.807) is 25.7 Å². The van der Waals surface area contributed by atoms with E-state index in [-0.39, 0.29) is 12.3 Å². The number of hydrogen-bond acceptors (Lipinski definition) is 8. The predicted molar refractivity (Wildman–Crippen MR) is 91.8 cm³/mol. The van der Waals surface area contributed by atoms with Crippen LogP contribution in [-0.4, -0.2) is 76.2 Å². The molecule has 5 N–H and O–H groups in total. The highest BCUT2D eigenvalue weighted by Gasteiger charge is 2.45. The van der Waals surface area contributed by atoms with Crippen LogP contribution in [0.1, 0.15) is 25.7 Å². The van der Waals surface area contributed by atoms with Crippen molar-refractivity contribution >= 4 is 11.9 Å². The van der Waals surface area contributed by atoms with Crippen molar-refractivity contribution < 1.29 is 39.5 Å². The molecule has 1 aliphatic heterocycles. The Morgan fingerprint density at radius 1 is 1.04 bits per heavy atom. The van der Waals surface area contributed by atoms with Crippen molar-refractivity contribution in [1.82, 2.24) is 5.32 Å². The lowest BCUT2D eigenvalue weighted by Gasteiger charge is -2.39. The fraction of sp³-hybridized carbons (Fsp3) is 0.611. The Morgan fingerprint density at radius 2 is 1.74 bits per heavy atom. The third-order valence-corrected chi connectivity index (χ3v) is 4.36. The van der Waals surface area contributed by atoms with E-state index in [0.717, 1.165) is 0 Å². The Labute approximate surface area is 158 Å². The lowest BCUT2D eigenvalue weighted by molar-refractivity contribution is -0.292. The first-order chi connectivity index (χ1) is 12.9. The largest absolute Gasteiger partial charge is 0.433 e. The van der Waals surface area contributed by atoms with Gasteiger partial charge in [-0.1, -0.05) is 6.42 Å². The number of amides is 1. The summed E-state index contributed by atoms with van der Waals surface area (Å²) in [6, 6.07) is 0. The first-order valence-corrected chi connectivity index (χ1v) is 8.94. The van der Waals surface area contributed by atoms with Crippen LogP contribution >= 0.6 is 0 Å². The van der Waals surface area contributed by atoms with E-state index in [0.29, 0.717) is 31.7 Å². The van der Waals surface area contributed by atoms with Gasteiger partial charge < -0.3 is 35.2 Å². The van der Waals surface area contributed by atoms with Crippen LogP contribution in [0.4, 0.5) is 0 Å². The smallest absolute Gasteiger partial charge is 0.308 e. The van der Waals surface area contributed by atoms with Gasteiger partial charge in [0.15, 0.2) is 0 Å². The van der Waals surface area contributed by atoms with Gasteiger partial charge in [0.2, 0.25) is 12.2 Å². The van der Waals surface area contributed by atoms with Gasteiger partial charge in [0.05, 0.1) is 12.5 Å². The van der Waals surface area contributed by atoms with Gasteiger partial charge in [0.25, 0.3) is 0 Å². The molecule has 1 aliphatic carbocycles. The molecule has 2 aliphatic rings. The SMILES string of the molecule is O=C(CCCCCNC(=O)[C]1[CH][CH][CH][CH]1)O[C@@H]1O[C@H](CO)[C@@H](O)[C@H](O)[C@@H]1O. The third kappa shape index (κ3) is 6.39. The molecule has 0 aromatic heterocycles. The summed E-state index contributed by atoms with van der Waals surface area (Å²) in [7, 11) is 0. The van der Waals surface area contributed by atoms with Gasteiger partial charge in [0.1, 0.15) is 24.4 Å². The standard InChI is InChI=1S/C18H26NO8/c20-10-12-14(22)15(23)16(24)18(26-12)27-13(21)8-2-1-5-9-19-17(25)11-6-3-4-7-11/h3-4,6-7,12,14-16,18,20,22-24H,1-2,5,8-10H2,(H,19,25)/t12-,14-,15+,16+,18+/m1/s1. The topological polar surface area (TPSA) is 146 Å². The fourth-order valence-corrected chi connectivity index (χ4v) is 2.75. The second-order valence-corrected chi connectivity index (χ2v) is 6.43. The Morgan fingerprint density at radius 3 is 2.41 bits per heavy atom. The Hall–Kier alpha value is -1.26. The van der Waals surface area contributed by atoms with Gasteiger partial charge in [-0.25, -0.2) is 0 Å². The molecule has 1 amide bonds. The molecule has 151 valence electrons. The van der Waals surface area contributed by atoms with Crippen molar-refractivity contribution in [2.75, 3.05) is 13.2 Å². The number of esters is 1. The van der Waals surface area contributed by atoms with Crippen molar-refractivity contribution in [1.29, 1.82) is 0 Å². The maximum atomic E-state index is 11.8.